The lowest BCUT2D eigenvalue weighted by molar-refractivity contribution is 0.137. The minimum Gasteiger partial charge on any atom is -0.444 e. The molecular weight excluding hydrogens is 326 g/mol. The molecule has 6 heteroatoms. The Morgan fingerprint density at radius 1 is 1.12 bits per heavy atom. The average molecular weight is 344 g/mol. The predicted octanol–water partition coefficient (Wildman–Crippen LogP) is 3.86. The van der Waals surface area contributed by atoms with E-state index in [1.807, 2.05) is 41.3 Å². The van der Waals surface area contributed by atoms with Crippen LogP contribution in [0.3, 0.4) is 0 Å². The van der Waals surface area contributed by atoms with Gasteiger partial charge in [-0.2, -0.15) is 0 Å². The first-order valence-corrected chi connectivity index (χ1v) is 8.51. The van der Waals surface area contributed by atoms with Gasteiger partial charge in [-0.05, 0) is 31.0 Å². The van der Waals surface area contributed by atoms with Crippen molar-refractivity contribution in [1.82, 2.24) is 4.98 Å². The van der Waals surface area contributed by atoms with Crippen LogP contribution in [0.4, 0.5) is 16.3 Å². The molecule has 0 aliphatic carbocycles. The summed E-state index contributed by atoms with van der Waals surface area (Å²) in [5.41, 5.74) is 2.04. The first kappa shape index (κ1) is 15.3. The number of hydrogen-bond acceptors (Lipinski definition) is 4. The molecule has 0 unspecified atom stereocenters. The number of carbonyl (C=O) groups is 1. The molecule has 0 N–H and O–H groups in total. The van der Waals surface area contributed by atoms with E-state index in [4.69, 9.17) is 16.3 Å². The van der Waals surface area contributed by atoms with Crippen molar-refractivity contribution in [1.29, 1.82) is 0 Å². The molecule has 0 spiro atoms. The molecule has 5 nitrogen and oxygen atoms in total. The number of piperidine rings is 1. The molecule has 1 aromatic heterocycles. The van der Waals surface area contributed by atoms with Crippen LogP contribution in [0.25, 0.3) is 0 Å². The Labute approximate surface area is 145 Å². The summed E-state index contributed by atoms with van der Waals surface area (Å²) in [6, 6.07) is 11.8. The van der Waals surface area contributed by atoms with Crippen molar-refractivity contribution in [3.8, 4) is 0 Å². The highest BCUT2D eigenvalue weighted by Gasteiger charge is 2.34. The van der Waals surface area contributed by atoms with Crippen LogP contribution in [0.15, 0.2) is 42.6 Å². The Bertz CT molecular complexity index is 759. The molecule has 24 heavy (non-hydrogen) atoms. The third-order valence-electron chi connectivity index (χ3n) is 4.67. The number of hydrogen-bond donors (Lipinski definition) is 0. The molecule has 1 amide bonds. The van der Waals surface area contributed by atoms with E-state index >= 15 is 0 Å². The van der Waals surface area contributed by atoms with Crippen molar-refractivity contribution >= 4 is 29.2 Å². The lowest BCUT2D eigenvalue weighted by Gasteiger charge is -2.40. The Hall–Kier alpha value is -2.27. The predicted molar refractivity (Wildman–Crippen MR) is 93.6 cm³/mol. The molecule has 1 fully saturated rings. The third kappa shape index (κ3) is 2.69. The Kier molecular flexibility index (Phi) is 4.02. The van der Waals surface area contributed by atoms with Gasteiger partial charge in [-0.15, -0.1) is 0 Å². The number of aromatic nitrogens is 1. The first-order chi connectivity index (χ1) is 11.7. The van der Waals surface area contributed by atoms with Gasteiger partial charge in [-0.1, -0.05) is 29.8 Å². The summed E-state index contributed by atoms with van der Waals surface area (Å²) in [6.45, 7) is 1.98. The van der Waals surface area contributed by atoms with Crippen molar-refractivity contribution in [2.24, 2.45) is 0 Å². The number of anilines is 2. The van der Waals surface area contributed by atoms with Crippen LogP contribution in [-0.2, 0) is 11.3 Å². The molecule has 2 aliphatic heterocycles. The fourth-order valence-corrected chi connectivity index (χ4v) is 3.71. The van der Waals surface area contributed by atoms with Crippen molar-refractivity contribution in [3.63, 3.8) is 0 Å². The standard InChI is InChI=1S/C18H18ClN3O2/c19-15-5-3-9-20-17(15)21-10-7-14(8-11-21)22-16-6-2-1-4-13(16)12-24-18(22)23/h1-6,9,14H,7-8,10-12H2. The van der Waals surface area contributed by atoms with Gasteiger partial charge in [0.2, 0.25) is 0 Å². The number of pyridine rings is 1. The van der Waals surface area contributed by atoms with Crippen molar-refractivity contribution < 1.29 is 9.53 Å². The largest absolute Gasteiger partial charge is 0.444 e. The highest BCUT2D eigenvalue weighted by atomic mass is 35.5. The van der Waals surface area contributed by atoms with E-state index in [2.05, 4.69) is 9.88 Å². The van der Waals surface area contributed by atoms with Gasteiger partial charge in [0.25, 0.3) is 0 Å². The highest BCUT2D eigenvalue weighted by molar-refractivity contribution is 6.32. The van der Waals surface area contributed by atoms with Crippen molar-refractivity contribution in [3.05, 3.63) is 53.2 Å². The zero-order valence-electron chi connectivity index (χ0n) is 13.2. The maximum Gasteiger partial charge on any atom is 0.414 e. The van der Waals surface area contributed by atoms with Gasteiger partial charge in [-0.25, -0.2) is 9.78 Å². The first-order valence-electron chi connectivity index (χ1n) is 8.13. The van der Waals surface area contributed by atoms with Crippen LogP contribution in [-0.4, -0.2) is 30.2 Å². The molecule has 0 radical (unpaired) electrons. The number of nitrogens with zero attached hydrogens (tertiary/aromatic N) is 3. The van der Waals surface area contributed by atoms with E-state index < -0.39 is 0 Å². The highest BCUT2D eigenvalue weighted by Crippen LogP contribution is 2.33. The van der Waals surface area contributed by atoms with E-state index in [9.17, 15) is 4.79 Å². The minimum absolute atomic E-state index is 0.137. The Balaban J connectivity index is 1.52. The molecular formula is C18H18ClN3O2. The van der Waals surface area contributed by atoms with Crippen molar-refractivity contribution in [2.45, 2.75) is 25.5 Å². The molecule has 1 saturated heterocycles. The maximum atomic E-state index is 12.3. The number of ether oxygens (including phenoxy) is 1. The van der Waals surface area contributed by atoms with Gasteiger partial charge in [0.1, 0.15) is 12.4 Å². The summed E-state index contributed by atoms with van der Waals surface area (Å²) < 4.78 is 5.34. The SMILES string of the molecule is O=C1OCc2ccccc2N1C1CCN(c2ncccc2Cl)CC1. The number of benzene rings is 1. The third-order valence-corrected chi connectivity index (χ3v) is 4.96. The summed E-state index contributed by atoms with van der Waals surface area (Å²) in [5, 5.41) is 0.665. The molecule has 0 saturated carbocycles. The number of halogens is 1. The second kappa shape index (κ2) is 6.32. The zero-order chi connectivity index (χ0) is 16.5. The molecule has 2 aliphatic rings. The lowest BCUT2D eigenvalue weighted by atomic mass is 10.0. The van der Waals surface area contributed by atoms with Crippen molar-refractivity contribution in [2.75, 3.05) is 22.9 Å². The van der Waals surface area contributed by atoms with E-state index in [0.717, 1.165) is 43.0 Å². The van der Waals surface area contributed by atoms with Crippen LogP contribution in [0.2, 0.25) is 5.02 Å². The number of cyclic esters (lactones) is 1. The summed E-state index contributed by atoms with van der Waals surface area (Å²) >= 11 is 6.24. The normalized spacial score (nSPS) is 18.3. The lowest BCUT2D eigenvalue weighted by Crippen LogP contribution is -2.49. The Morgan fingerprint density at radius 3 is 2.71 bits per heavy atom. The number of para-hydroxylation sites is 1. The summed E-state index contributed by atoms with van der Waals surface area (Å²) in [4.78, 5) is 20.7. The molecule has 2 aromatic rings. The van der Waals surface area contributed by atoms with E-state index in [1.54, 1.807) is 6.20 Å². The van der Waals surface area contributed by atoms with Crippen LogP contribution in [0, 0.1) is 0 Å². The van der Waals surface area contributed by atoms with Crippen LogP contribution < -0.4 is 9.80 Å². The Morgan fingerprint density at radius 2 is 1.92 bits per heavy atom. The minimum atomic E-state index is -0.247. The number of amides is 1. The fraction of sp³-hybridized carbons (Fsp3) is 0.333. The second-order valence-corrected chi connectivity index (χ2v) is 6.49. The van der Waals surface area contributed by atoms with Gasteiger partial charge in [-0.3, -0.25) is 4.90 Å². The average Bonchev–Trinajstić information content (AvgIpc) is 2.62. The molecule has 124 valence electrons. The number of carbonyl (C=O) groups excluding carboxylic acids is 1. The summed E-state index contributed by atoms with van der Waals surface area (Å²) in [6.07, 6.45) is 3.22. The van der Waals surface area contributed by atoms with E-state index in [-0.39, 0.29) is 12.1 Å². The molecule has 3 heterocycles. The maximum absolute atomic E-state index is 12.3. The topological polar surface area (TPSA) is 45.7 Å². The molecule has 4 rings (SSSR count). The van der Waals surface area contributed by atoms with Gasteiger partial charge in [0.05, 0.1) is 10.7 Å². The van der Waals surface area contributed by atoms with Crippen LogP contribution in [0.5, 0.6) is 0 Å². The number of rotatable bonds is 2. The van der Waals surface area contributed by atoms with Gasteiger partial charge in [0.15, 0.2) is 0 Å². The smallest absolute Gasteiger partial charge is 0.414 e. The van der Waals surface area contributed by atoms with E-state index in [1.165, 1.54) is 0 Å². The van der Waals surface area contributed by atoms with Crippen LogP contribution in [0.1, 0.15) is 18.4 Å². The zero-order valence-corrected chi connectivity index (χ0v) is 13.9. The van der Waals surface area contributed by atoms with Crippen LogP contribution >= 0.6 is 11.6 Å². The van der Waals surface area contributed by atoms with Gasteiger partial charge < -0.3 is 9.64 Å². The molecule has 0 bridgehead atoms. The quantitative estimate of drug-likeness (QED) is 0.830. The fourth-order valence-electron chi connectivity index (χ4n) is 3.47. The summed E-state index contributed by atoms with van der Waals surface area (Å²) in [7, 11) is 0. The second-order valence-electron chi connectivity index (χ2n) is 6.08. The van der Waals surface area contributed by atoms with Gasteiger partial charge in [0, 0.05) is 30.9 Å². The van der Waals surface area contributed by atoms with E-state index in [0.29, 0.717) is 11.6 Å². The molecule has 0 atom stereocenters. The molecule has 1 aromatic carbocycles. The monoisotopic (exact) mass is 343 g/mol. The van der Waals surface area contributed by atoms with Gasteiger partial charge >= 0.3 is 6.09 Å². The summed E-state index contributed by atoms with van der Waals surface area (Å²) in [5.74, 6) is 0.819. The number of fused-ring (bicyclic) bond motifs is 1.